The van der Waals surface area contributed by atoms with E-state index in [1.807, 2.05) is 0 Å². The maximum Gasteiger partial charge on any atom is 0.416 e. The second-order valence-corrected chi connectivity index (χ2v) is 6.65. The molecule has 0 aliphatic rings. The molecule has 0 radical (unpaired) electrons. The number of aliphatic hydroxyl groups excluding tert-OH is 2. The van der Waals surface area contributed by atoms with Crippen molar-refractivity contribution in [1.82, 2.24) is 0 Å². The molecule has 132 valence electrons. The largest absolute Gasteiger partial charge is 0.416 e. The van der Waals surface area contributed by atoms with Gasteiger partial charge >= 0.3 is 12.4 Å². The number of benzene rings is 1. The van der Waals surface area contributed by atoms with Crippen LogP contribution in [0.15, 0.2) is 24.3 Å². The van der Waals surface area contributed by atoms with Crippen LogP contribution < -0.4 is 0 Å². The van der Waals surface area contributed by atoms with E-state index in [1.165, 1.54) is 0 Å². The van der Waals surface area contributed by atoms with Gasteiger partial charge < -0.3 is 10.2 Å². The molecule has 23 heavy (non-hydrogen) atoms. The molecule has 9 heteroatoms. The number of halogens is 7. The summed E-state index contributed by atoms with van der Waals surface area (Å²) in [6.45, 7) is 1.59. The van der Waals surface area contributed by atoms with Crippen LogP contribution in [-0.2, 0) is 6.18 Å². The quantitative estimate of drug-likeness (QED) is 0.390. The van der Waals surface area contributed by atoms with E-state index >= 15 is 0 Å². The molecular weight excluding hydrogens is 441 g/mol. The van der Waals surface area contributed by atoms with Gasteiger partial charge in [0.2, 0.25) is 0 Å². The first kappa shape index (κ1) is 20.5. The molecule has 2 nitrogen and oxygen atoms in total. The second-order valence-electron chi connectivity index (χ2n) is 5.05. The third kappa shape index (κ3) is 5.21. The fraction of sp³-hybridized carbons (Fsp3) is 0.571. The molecular formula is C14H15F6IO2. The van der Waals surface area contributed by atoms with Crippen LogP contribution in [0.3, 0.4) is 0 Å². The molecule has 0 amide bonds. The van der Waals surface area contributed by atoms with E-state index in [4.69, 9.17) is 0 Å². The average molecular weight is 456 g/mol. The van der Waals surface area contributed by atoms with Gasteiger partial charge in [0.15, 0.2) is 6.10 Å². The highest BCUT2D eigenvalue weighted by molar-refractivity contribution is 14.1. The first-order valence-electron chi connectivity index (χ1n) is 6.63. The molecule has 0 aliphatic carbocycles. The van der Waals surface area contributed by atoms with E-state index in [1.54, 1.807) is 29.5 Å². The van der Waals surface area contributed by atoms with E-state index in [0.29, 0.717) is 12.1 Å². The van der Waals surface area contributed by atoms with Gasteiger partial charge in [0, 0.05) is 9.84 Å². The summed E-state index contributed by atoms with van der Waals surface area (Å²) in [4.78, 5) is 0. The first-order chi connectivity index (χ1) is 10.4. The fourth-order valence-corrected chi connectivity index (χ4v) is 2.94. The van der Waals surface area contributed by atoms with E-state index in [2.05, 4.69) is 0 Å². The first-order valence-corrected chi connectivity index (χ1v) is 7.88. The third-order valence-electron chi connectivity index (χ3n) is 3.45. The summed E-state index contributed by atoms with van der Waals surface area (Å²) >= 11 is 1.68. The highest BCUT2D eigenvalue weighted by Gasteiger charge is 2.48. The molecule has 0 saturated carbocycles. The van der Waals surface area contributed by atoms with Crippen molar-refractivity contribution in [3.05, 3.63) is 35.4 Å². The monoisotopic (exact) mass is 456 g/mol. The van der Waals surface area contributed by atoms with E-state index < -0.39 is 40.0 Å². The van der Waals surface area contributed by atoms with Crippen LogP contribution in [-0.4, -0.2) is 26.4 Å². The standard InChI is InChI=1S/C14H15F6IO2/c1-2-9(21)10(12(23)14(18,19)20)11(22)7-3-5-8(6-4-7)13(15,16)17/h3-6,9-12,22-23H,2H2,1H3. The number of alkyl halides is 7. The van der Waals surface area contributed by atoms with Gasteiger partial charge in [-0.25, -0.2) is 0 Å². The number of aliphatic hydroxyl groups is 2. The van der Waals surface area contributed by atoms with Crippen molar-refractivity contribution >= 4 is 22.6 Å². The molecule has 1 aromatic rings. The third-order valence-corrected chi connectivity index (χ3v) is 5.16. The van der Waals surface area contributed by atoms with Gasteiger partial charge in [-0.3, -0.25) is 0 Å². The van der Waals surface area contributed by atoms with E-state index in [-0.39, 0.29) is 12.0 Å². The minimum Gasteiger partial charge on any atom is -0.388 e. The van der Waals surface area contributed by atoms with Crippen LogP contribution in [0.25, 0.3) is 0 Å². The Balaban J connectivity index is 3.12. The lowest BCUT2D eigenvalue weighted by molar-refractivity contribution is -0.228. The number of hydrogen-bond donors (Lipinski definition) is 2. The topological polar surface area (TPSA) is 40.5 Å². The van der Waals surface area contributed by atoms with Gasteiger partial charge in [-0.15, -0.1) is 0 Å². The normalized spacial score (nSPS) is 18.3. The number of rotatable bonds is 5. The lowest BCUT2D eigenvalue weighted by Gasteiger charge is -2.32. The molecule has 0 saturated heterocycles. The van der Waals surface area contributed by atoms with Gasteiger partial charge in [-0.2, -0.15) is 26.3 Å². The molecule has 1 rings (SSSR count). The van der Waals surface area contributed by atoms with E-state index in [0.717, 1.165) is 12.1 Å². The van der Waals surface area contributed by atoms with Crippen molar-refractivity contribution in [2.45, 2.75) is 41.8 Å². The minimum absolute atomic E-state index is 0.110. The zero-order valence-corrected chi connectivity index (χ0v) is 14.0. The molecule has 1 aromatic carbocycles. The smallest absolute Gasteiger partial charge is 0.388 e. The molecule has 4 atom stereocenters. The lowest BCUT2D eigenvalue weighted by atomic mass is 9.86. The zero-order chi connectivity index (χ0) is 18.0. The molecule has 0 heterocycles. The Morgan fingerprint density at radius 3 is 1.83 bits per heavy atom. The summed E-state index contributed by atoms with van der Waals surface area (Å²) < 4.78 is 75.1. The Morgan fingerprint density at radius 2 is 1.48 bits per heavy atom. The number of hydrogen-bond acceptors (Lipinski definition) is 2. The average Bonchev–Trinajstić information content (AvgIpc) is 2.45. The maximum absolute atomic E-state index is 12.8. The Bertz CT molecular complexity index is 499. The SMILES string of the molecule is CCC(I)C(C(O)c1ccc(C(F)(F)F)cc1)C(O)C(F)(F)F. The summed E-state index contributed by atoms with van der Waals surface area (Å²) in [6.07, 6.45) is -13.8. The molecule has 4 unspecified atom stereocenters. The van der Waals surface area contributed by atoms with Crippen molar-refractivity contribution in [3.8, 4) is 0 Å². The van der Waals surface area contributed by atoms with Gasteiger partial charge in [-0.05, 0) is 24.1 Å². The Labute approximate surface area is 142 Å². The van der Waals surface area contributed by atoms with Crippen LogP contribution in [0.1, 0.15) is 30.6 Å². The van der Waals surface area contributed by atoms with Crippen molar-refractivity contribution in [3.63, 3.8) is 0 Å². The van der Waals surface area contributed by atoms with Crippen LogP contribution in [0.2, 0.25) is 0 Å². The van der Waals surface area contributed by atoms with Crippen molar-refractivity contribution in [2.24, 2.45) is 5.92 Å². The van der Waals surface area contributed by atoms with Crippen LogP contribution in [0, 0.1) is 5.92 Å². The van der Waals surface area contributed by atoms with Crippen LogP contribution >= 0.6 is 22.6 Å². The predicted octanol–water partition coefficient (Wildman–Crippen LogP) is 4.49. The Hall–Kier alpha value is -0.550. The molecule has 0 aromatic heterocycles. The summed E-state index contributed by atoms with van der Waals surface area (Å²) in [7, 11) is 0. The highest BCUT2D eigenvalue weighted by Crippen LogP contribution is 2.39. The van der Waals surface area contributed by atoms with Crippen molar-refractivity contribution in [2.75, 3.05) is 0 Å². The molecule has 2 N–H and O–H groups in total. The summed E-state index contributed by atoms with van der Waals surface area (Å²) in [5.41, 5.74) is -1.08. The predicted molar refractivity (Wildman–Crippen MR) is 80.1 cm³/mol. The van der Waals surface area contributed by atoms with E-state index in [9.17, 15) is 36.6 Å². The summed E-state index contributed by atoms with van der Waals surface area (Å²) in [5.74, 6) is -1.59. The van der Waals surface area contributed by atoms with Crippen LogP contribution in [0.5, 0.6) is 0 Å². The van der Waals surface area contributed by atoms with Crippen molar-refractivity contribution < 1.29 is 36.6 Å². The van der Waals surface area contributed by atoms with Gasteiger partial charge in [0.25, 0.3) is 0 Å². The van der Waals surface area contributed by atoms with Gasteiger partial charge in [0.05, 0.1) is 11.7 Å². The minimum atomic E-state index is -4.93. The molecule has 0 fully saturated rings. The molecule has 0 spiro atoms. The Morgan fingerprint density at radius 1 is 1.00 bits per heavy atom. The Kier molecular flexibility index (Phi) is 6.74. The lowest BCUT2D eigenvalue weighted by Crippen LogP contribution is -2.43. The second kappa shape index (κ2) is 7.56. The van der Waals surface area contributed by atoms with Crippen molar-refractivity contribution in [1.29, 1.82) is 0 Å². The maximum atomic E-state index is 12.8. The zero-order valence-electron chi connectivity index (χ0n) is 11.9. The van der Waals surface area contributed by atoms with Gasteiger partial charge in [0.1, 0.15) is 0 Å². The molecule has 0 aliphatic heterocycles. The van der Waals surface area contributed by atoms with Crippen LogP contribution in [0.4, 0.5) is 26.3 Å². The summed E-state index contributed by atoms with van der Waals surface area (Å²) in [5, 5.41) is 19.7. The summed E-state index contributed by atoms with van der Waals surface area (Å²) in [6, 6.07) is 3.21. The van der Waals surface area contributed by atoms with Gasteiger partial charge in [-0.1, -0.05) is 41.6 Å². The molecule has 0 bridgehead atoms. The fourth-order valence-electron chi connectivity index (χ4n) is 2.15. The highest BCUT2D eigenvalue weighted by atomic mass is 127.